The van der Waals surface area contributed by atoms with Crippen LogP contribution in [0.2, 0.25) is 0 Å². The van der Waals surface area contributed by atoms with Crippen molar-refractivity contribution in [2.24, 2.45) is 9.98 Å². The van der Waals surface area contributed by atoms with Crippen LogP contribution in [0.25, 0.3) is 12.2 Å². The Morgan fingerprint density at radius 1 is 0.537 bits per heavy atom. The maximum Gasteiger partial charge on any atom is 0.278 e. The van der Waals surface area contributed by atoms with Crippen LogP contribution in [-0.4, -0.2) is 58.6 Å². The van der Waals surface area contributed by atoms with Crippen molar-refractivity contribution in [1.29, 1.82) is 0 Å². The largest absolute Gasteiger partial charge is 0.491 e. The van der Waals surface area contributed by atoms with Crippen molar-refractivity contribution >= 4 is 67.5 Å². The molecule has 2 aliphatic heterocycles. The molecule has 4 aromatic carbocycles. The van der Waals surface area contributed by atoms with E-state index in [1.165, 1.54) is 0 Å². The molecule has 54 heavy (non-hydrogen) atoms. The average Bonchev–Trinajstić information content (AvgIpc) is 3.62. The Bertz CT molecular complexity index is 1920. The number of benzene rings is 4. The maximum absolute atomic E-state index is 13.8. The molecular weight excluding hydrogens is 808 g/mol. The summed E-state index contributed by atoms with van der Waals surface area (Å²) in [5, 5.41) is 0. The van der Waals surface area contributed by atoms with Crippen LogP contribution in [0.15, 0.2) is 127 Å². The lowest BCUT2D eigenvalue weighted by atomic mass is 10.1. The SMILES string of the molecule is CC(C)Oc1ccc(/C=C2\N=C(c3ccc(Br)cc3)N(CCCCCCN3C(=O)/C(=C\c4ccc(OC(C)C)cc4)N=C3c3ccc(Br)cc3)C2=O)cc1. The van der Waals surface area contributed by atoms with Gasteiger partial charge in [0, 0.05) is 33.2 Å². The second-order valence-corrected chi connectivity index (χ2v) is 15.6. The number of nitrogens with zero attached hydrogens (tertiary/aromatic N) is 4. The van der Waals surface area contributed by atoms with Crippen molar-refractivity contribution in [3.05, 3.63) is 140 Å². The van der Waals surface area contributed by atoms with Gasteiger partial charge in [0.05, 0.1) is 12.2 Å². The number of amides is 2. The van der Waals surface area contributed by atoms with Gasteiger partial charge in [-0.2, -0.15) is 0 Å². The van der Waals surface area contributed by atoms with Crippen LogP contribution in [-0.2, 0) is 9.59 Å². The topological polar surface area (TPSA) is 83.8 Å². The molecule has 4 aromatic rings. The van der Waals surface area contributed by atoms with Crippen molar-refractivity contribution in [3.63, 3.8) is 0 Å². The van der Waals surface area contributed by atoms with E-state index in [1.54, 1.807) is 9.80 Å². The summed E-state index contributed by atoms with van der Waals surface area (Å²) in [4.78, 5) is 40.7. The Kier molecular flexibility index (Phi) is 13.0. The molecule has 0 aliphatic carbocycles. The second kappa shape index (κ2) is 18.0. The Balaban J connectivity index is 1.09. The van der Waals surface area contributed by atoms with Crippen molar-refractivity contribution < 1.29 is 19.1 Å². The quantitative estimate of drug-likeness (QED) is 0.0881. The number of unbranched alkanes of at least 4 members (excludes halogenated alkanes) is 3. The van der Waals surface area contributed by atoms with Crippen LogP contribution in [0.4, 0.5) is 0 Å². The lowest BCUT2D eigenvalue weighted by Crippen LogP contribution is -2.34. The summed E-state index contributed by atoms with van der Waals surface area (Å²) in [5.74, 6) is 2.64. The standard InChI is InChI=1S/C44H44Br2N4O4/c1-29(2)53-37-21-9-31(10-22-37)27-39-43(51)49(41(47-39)33-13-17-35(45)18-14-33)25-7-5-6-8-26-50-42(34-15-19-36(46)20-16-34)48-40(44(50)52)28-32-11-23-38(24-12-32)54-30(3)4/h9-24,27-30H,5-8,25-26H2,1-4H3/b39-27-,40-28+. The number of rotatable bonds is 15. The van der Waals surface area contributed by atoms with Crippen LogP contribution >= 0.6 is 31.9 Å². The maximum atomic E-state index is 13.8. The Morgan fingerprint density at radius 3 is 1.22 bits per heavy atom. The summed E-state index contributed by atoms with van der Waals surface area (Å²) >= 11 is 7.03. The van der Waals surface area contributed by atoms with E-state index in [9.17, 15) is 9.59 Å². The predicted molar refractivity (Wildman–Crippen MR) is 224 cm³/mol. The van der Waals surface area contributed by atoms with Gasteiger partial charge in [0.1, 0.15) is 34.6 Å². The number of amidine groups is 2. The molecule has 0 saturated heterocycles. The van der Waals surface area contributed by atoms with E-state index in [2.05, 4.69) is 31.9 Å². The minimum atomic E-state index is -0.116. The number of ether oxygens (including phenoxy) is 2. The zero-order chi connectivity index (χ0) is 38.2. The van der Waals surface area contributed by atoms with E-state index in [0.29, 0.717) is 36.2 Å². The van der Waals surface area contributed by atoms with Gasteiger partial charge >= 0.3 is 0 Å². The van der Waals surface area contributed by atoms with Crippen molar-refractivity contribution in [2.75, 3.05) is 13.1 Å². The summed E-state index contributed by atoms with van der Waals surface area (Å²) in [6, 6.07) is 31.1. The van der Waals surface area contributed by atoms with E-state index >= 15 is 0 Å². The zero-order valence-corrected chi connectivity index (χ0v) is 34.1. The summed E-state index contributed by atoms with van der Waals surface area (Å²) in [6.07, 6.45) is 7.17. The van der Waals surface area contributed by atoms with Crippen LogP contribution in [0.1, 0.15) is 75.6 Å². The number of aliphatic imine (C=N–C) groups is 2. The number of hydrogen-bond donors (Lipinski definition) is 0. The lowest BCUT2D eigenvalue weighted by Gasteiger charge is -2.20. The molecule has 0 unspecified atom stereocenters. The van der Waals surface area contributed by atoms with Gasteiger partial charge in [0.2, 0.25) is 0 Å². The van der Waals surface area contributed by atoms with E-state index in [1.807, 2.05) is 137 Å². The fourth-order valence-electron chi connectivity index (χ4n) is 6.19. The van der Waals surface area contributed by atoms with Gasteiger partial charge in [0.15, 0.2) is 0 Å². The highest BCUT2D eigenvalue weighted by atomic mass is 79.9. The summed E-state index contributed by atoms with van der Waals surface area (Å²) in [7, 11) is 0. The molecule has 278 valence electrons. The molecular formula is C44H44Br2N4O4. The number of carbonyl (C=O) groups is 2. The molecule has 2 heterocycles. The molecule has 8 nitrogen and oxygen atoms in total. The molecule has 2 aliphatic rings. The second-order valence-electron chi connectivity index (χ2n) is 13.7. The molecule has 0 spiro atoms. The highest BCUT2D eigenvalue weighted by molar-refractivity contribution is 9.10. The van der Waals surface area contributed by atoms with Gasteiger partial charge in [-0.3, -0.25) is 19.4 Å². The highest BCUT2D eigenvalue weighted by Crippen LogP contribution is 2.27. The van der Waals surface area contributed by atoms with Gasteiger partial charge in [-0.1, -0.05) is 93.2 Å². The first-order valence-electron chi connectivity index (χ1n) is 18.3. The molecule has 6 rings (SSSR count). The molecule has 0 fully saturated rings. The average molecular weight is 853 g/mol. The van der Waals surface area contributed by atoms with Gasteiger partial charge in [-0.25, -0.2) is 9.98 Å². The Labute approximate surface area is 334 Å². The van der Waals surface area contributed by atoms with Crippen molar-refractivity contribution in [3.8, 4) is 11.5 Å². The molecule has 10 heteroatoms. The first kappa shape index (κ1) is 38.9. The van der Waals surface area contributed by atoms with Crippen LogP contribution in [0, 0.1) is 0 Å². The summed E-state index contributed by atoms with van der Waals surface area (Å²) in [5.41, 5.74) is 4.33. The van der Waals surface area contributed by atoms with Crippen molar-refractivity contribution in [2.45, 2.75) is 65.6 Å². The third-order valence-corrected chi connectivity index (χ3v) is 9.78. The predicted octanol–water partition coefficient (Wildman–Crippen LogP) is 10.3. The zero-order valence-electron chi connectivity index (χ0n) is 31.0. The first-order chi connectivity index (χ1) is 26.0. The van der Waals surface area contributed by atoms with E-state index < -0.39 is 0 Å². The Morgan fingerprint density at radius 2 is 0.889 bits per heavy atom. The number of hydrogen-bond acceptors (Lipinski definition) is 6. The van der Waals surface area contributed by atoms with Gasteiger partial charge in [-0.05, 0) is 112 Å². The van der Waals surface area contributed by atoms with Gasteiger partial charge in [-0.15, -0.1) is 0 Å². The lowest BCUT2D eigenvalue weighted by molar-refractivity contribution is -0.123. The minimum Gasteiger partial charge on any atom is -0.491 e. The first-order valence-corrected chi connectivity index (χ1v) is 19.9. The molecule has 0 radical (unpaired) electrons. The molecule has 0 atom stereocenters. The molecule has 0 bridgehead atoms. The summed E-state index contributed by atoms with van der Waals surface area (Å²) in [6.45, 7) is 9.03. The van der Waals surface area contributed by atoms with E-state index in [4.69, 9.17) is 19.5 Å². The van der Waals surface area contributed by atoms with Crippen LogP contribution < -0.4 is 9.47 Å². The molecule has 0 N–H and O–H groups in total. The van der Waals surface area contributed by atoms with Crippen molar-refractivity contribution in [1.82, 2.24) is 9.80 Å². The normalized spacial score (nSPS) is 15.9. The third-order valence-electron chi connectivity index (χ3n) is 8.72. The number of carbonyl (C=O) groups excluding carboxylic acids is 2. The van der Waals surface area contributed by atoms with E-state index in [-0.39, 0.29) is 24.0 Å². The van der Waals surface area contributed by atoms with E-state index in [0.717, 1.165) is 68.4 Å². The van der Waals surface area contributed by atoms with Crippen LogP contribution in [0.5, 0.6) is 11.5 Å². The molecule has 0 saturated carbocycles. The fraction of sp³-hybridized carbons (Fsp3) is 0.273. The van der Waals surface area contributed by atoms with Crippen LogP contribution in [0.3, 0.4) is 0 Å². The monoisotopic (exact) mass is 850 g/mol. The minimum absolute atomic E-state index is 0.0817. The molecule has 0 aromatic heterocycles. The summed E-state index contributed by atoms with van der Waals surface area (Å²) < 4.78 is 13.5. The third kappa shape index (κ3) is 10.0. The Hall–Kier alpha value is -4.80. The highest BCUT2D eigenvalue weighted by Gasteiger charge is 2.32. The molecule has 2 amide bonds. The smallest absolute Gasteiger partial charge is 0.278 e. The number of halogens is 2. The fourth-order valence-corrected chi connectivity index (χ4v) is 6.72. The van der Waals surface area contributed by atoms with Gasteiger partial charge in [0.25, 0.3) is 11.8 Å². The van der Waals surface area contributed by atoms with Gasteiger partial charge < -0.3 is 9.47 Å².